The van der Waals surface area contributed by atoms with Gasteiger partial charge in [0.15, 0.2) is 0 Å². The molecule has 312 valence electrons. The first-order valence-corrected chi connectivity index (χ1v) is 20.4. The number of aliphatic hydroxyl groups excluding tert-OH is 2. The molecule has 3 N–H and O–H groups in total. The first kappa shape index (κ1) is 45.3. The maximum atomic E-state index is 14.6. The molecular weight excluding hydrogens is 706 g/mol. The number of Topliss-reactive ketones (excluding diaryl/α,β-unsaturated/α-hetero) is 1. The van der Waals surface area contributed by atoms with E-state index < -0.39 is 78.1 Å². The Bertz CT molecular complexity index is 1380. The van der Waals surface area contributed by atoms with E-state index in [1.165, 1.54) is 4.90 Å². The minimum atomic E-state index is -2.24. The minimum Gasteiger partial charge on any atom is -0.456 e. The highest BCUT2D eigenvalue weighted by Gasteiger charge is 2.56. The Hall–Kier alpha value is -2.45. The van der Waals surface area contributed by atoms with Crippen LogP contribution in [0.1, 0.15) is 105 Å². The number of carbonyl (C=O) groups excluding carboxylic acids is 3. The third-order valence-corrected chi connectivity index (χ3v) is 12.7. The Kier molecular flexibility index (Phi) is 16.7. The maximum Gasteiger partial charge on any atom is 0.329 e. The fraction of sp³-hybridized carbons (Fsp3) is 0.791. The molecule has 0 aromatic carbocycles. The molecule has 0 radical (unpaired) electrons. The molecule has 3 fully saturated rings. The van der Waals surface area contributed by atoms with Crippen molar-refractivity contribution in [3.8, 4) is 0 Å². The van der Waals surface area contributed by atoms with Crippen molar-refractivity contribution >= 4 is 17.7 Å². The summed E-state index contributed by atoms with van der Waals surface area (Å²) in [4.78, 5) is 44.2. The number of carbonyl (C=O) groups is 3. The van der Waals surface area contributed by atoms with Crippen molar-refractivity contribution < 1.29 is 53.4 Å². The van der Waals surface area contributed by atoms with Gasteiger partial charge in [0.05, 0.1) is 30.5 Å². The largest absolute Gasteiger partial charge is 0.456 e. The van der Waals surface area contributed by atoms with Crippen LogP contribution in [0.4, 0.5) is 0 Å². The van der Waals surface area contributed by atoms with Crippen LogP contribution >= 0.6 is 0 Å². The maximum absolute atomic E-state index is 14.6. The number of aliphatic hydroxyl groups is 3. The average Bonchev–Trinajstić information content (AvgIpc) is 3.16. The lowest BCUT2D eigenvalue weighted by molar-refractivity contribution is -0.309. The molecule has 4 aliphatic rings. The summed E-state index contributed by atoms with van der Waals surface area (Å²) in [6, 6.07) is -1.00. The van der Waals surface area contributed by atoms with Gasteiger partial charge in [0.1, 0.15) is 24.0 Å². The van der Waals surface area contributed by atoms with Crippen LogP contribution in [0.15, 0.2) is 36.0 Å². The van der Waals surface area contributed by atoms with Crippen molar-refractivity contribution in [2.24, 2.45) is 29.6 Å². The quantitative estimate of drug-likeness (QED) is 0.234. The Morgan fingerprint density at radius 3 is 2.27 bits per heavy atom. The Labute approximate surface area is 328 Å². The molecular formula is C43H69NO11. The third-order valence-electron chi connectivity index (χ3n) is 12.7. The molecule has 2 saturated heterocycles. The van der Waals surface area contributed by atoms with Crippen LogP contribution in [-0.4, -0.2) is 120 Å². The molecule has 1 saturated carbocycles. The second kappa shape index (κ2) is 20.3. The Morgan fingerprint density at radius 2 is 1.62 bits per heavy atom. The van der Waals surface area contributed by atoms with Crippen LogP contribution in [0.5, 0.6) is 0 Å². The molecule has 1 amide bonds. The monoisotopic (exact) mass is 775 g/mol. The Morgan fingerprint density at radius 1 is 0.945 bits per heavy atom. The fourth-order valence-electron chi connectivity index (χ4n) is 9.33. The van der Waals surface area contributed by atoms with Gasteiger partial charge in [0, 0.05) is 52.0 Å². The molecule has 12 nitrogen and oxygen atoms in total. The van der Waals surface area contributed by atoms with Gasteiger partial charge in [-0.25, -0.2) is 4.79 Å². The van der Waals surface area contributed by atoms with E-state index in [1.54, 1.807) is 41.3 Å². The number of hydrogen-bond acceptors (Lipinski definition) is 11. The second-order valence-corrected chi connectivity index (χ2v) is 16.9. The average molecular weight is 776 g/mol. The van der Waals surface area contributed by atoms with Gasteiger partial charge in [-0.15, -0.1) is 6.58 Å². The lowest BCUT2D eigenvalue weighted by Crippen LogP contribution is -2.66. The molecule has 55 heavy (non-hydrogen) atoms. The van der Waals surface area contributed by atoms with E-state index in [-0.39, 0.29) is 36.7 Å². The van der Waals surface area contributed by atoms with Crippen molar-refractivity contribution in [1.82, 2.24) is 4.90 Å². The molecule has 3 aliphatic heterocycles. The zero-order chi connectivity index (χ0) is 40.6. The van der Waals surface area contributed by atoms with E-state index in [2.05, 4.69) is 13.5 Å². The van der Waals surface area contributed by atoms with Crippen LogP contribution in [0, 0.1) is 29.6 Å². The number of hydrogen-bond donors (Lipinski definition) is 3. The van der Waals surface area contributed by atoms with Gasteiger partial charge in [-0.1, -0.05) is 44.6 Å². The number of ketones is 1. The summed E-state index contributed by atoms with van der Waals surface area (Å²) < 4.78 is 30.1. The third kappa shape index (κ3) is 10.9. The van der Waals surface area contributed by atoms with Crippen molar-refractivity contribution in [2.75, 3.05) is 27.9 Å². The smallest absolute Gasteiger partial charge is 0.329 e. The highest BCUT2D eigenvalue weighted by molar-refractivity contribution is 5.89. The number of cyclic esters (lactones) is 1. The van der Waals surface area contributed by atoms with Gasteiger partial charge in [0.2, 0.25) is 0 Å². The number of piperidine rings is 1. The van der Waals surface area contributed by atoms with E-state index in [4.69, 9.17) is 23.7 Å². The molecule has 12 heteroatoms. The zero-order valence-corrected chi connectivity index (χ0v) is 34.5. The van der Waals surface area contributed by atoms with E-state index in [1.807, 2.05) is 26.0 Å². The van der Waals surface area contributed by atoms with Crippen molar-refractivity contribution in [3.05, 3.63) is 36.0 Å². The number of amides is 1. The van der Waals surface area contributed by atoms with Crippen molar-refractivity contribution in [1.29, 1.82) is 0 Å². The van der Waals surface area contributed by atoms with Gasteiger partial charge >= 0.3 is 5.97 Å². The number of rotatable bonds is 7. The molecule has 0 aromatic rings. The number of nitrogens with zero attached hydrogens (tertiary/aromatic N) is 1. The van der Waals surface area contributed by atoms with Crippen molar-refractivity contribution in [2.45, 2.75) is 160 Å². The fourth-order valence-corrected chi connectivity index (χ4v) is 9.33. The molecule has 1 aliphatic carbocycles. The van der Waals surface area contributed by atoms with Crippen LogP contribution in [0.2, 0.25) is 0 Å². The van der Waals surface area contributed by atoms with Gasteiger partial charge < -0.3 is 43.9 Å². The normalized spacial score (nSPS) is 41.8. The summed E-state index contributed by atoms with van der Waals surface area (Å²) in [5.41, 5.74) is 1.70. The van der Waals surface area contributed by atoms with Crippen LogP contribution in [0.25, 0.3) is 0 Å². The summed E-state index contributed by atoms with van der Waals surface area (Å²) in [7, 11) is 4.74. The molecule has 3 heterocycles. The molecule has 0 aromatic heterocycles. The summed E-state index contributed by atoms with van der Waals surface area (Å²) >= 11 is 0. The summed E-state index contributed by atoms with van der Waals surface area (Å²) in [6.45, 7) is 13.6. The predicted octanol–water partition coefficient (Wildman–Crippen LogP) is 5.07. The number of ether oxygens (including phenoxy) is 5. The van der Waals surface area contributed by atoms with Gasteiger partial charge in [-0.05, 0) is 95.5 Å². The summed E-state index contributed by atoms with van der Waals surface area (Å²) in [5, 5.41) is 34.3. The van der Waals surface area contributed by atoms with Crippen LogP contribution in [-0.2, 0) is 38.1 Å². The van der Waals surface area contributed by atoms with Gasteiger partial charge in [-0.2, -0.15) is 0 Å². The van der Waals surface area contributed by atoms with Crippen molar-refractivity contribution in [3.63, 3.8) is 0 Å². The predicted molar refractivity (Wildman–Crippen MR) is 208 cm³/mol. The summed E-state index contributed by atoms with van der Waals surface area (Å²) in [5.74, 6) is -5.46. The summed E-state index contributed by atoms with van der Waals surface area (Å²) in [6.07, 6.45) is 6.20. The lowest BCUT2D eigenvalue weighted by atomic mass is 9.81. The molecule has 4 rings (SSSR count). The van der Waals surface area contributed by atoms with Crippen LogP contribution < -0.4 is 0 Å². The topological polar surface area (TPSA) is 161 Å². The highest BCUT2D eigenvalue weighted by Crippen LogP contribution is 2.40. The highest BCUT2D eigenvalue weighted by atomic mass is 16.7. The number of allylic oxidation sites excluding steroid dienone is 4. The molecule has 0 unspecified atom stereocenters. The number of fused-ring (bicyclic) bond motifs is 3. The van der Waals surface area contributed by atoms with Crippen LogP contribution in [0.3, 0.4) is 0 Å². The SMILES string of the molecule is C=CC[C@@H]1/C=C(\C)C[C@H](C)C[C@H](OC)[C@H]2O[C@@](O)(C(=O)N3CCCC[C@H]3C(=O)O[C@H](/C(C)=C/[C@@H]3CC[C@@H](O)[C@H](OC)C3)[C@H](C)[C@@H](O)CC1=O)[C@H](C)C[C@@H]2OC. The van der Waals surface area contributed by atoms with Gasteiger partial charge in [-0.3, -0.25) is 9.59 Å². The zero-order valence-electron chi connectivity index (χ0n) is 34.5. The van der Waals surface area contributed by atoms with E-state index in [9.17, 15) is 29.7 Å². The molecule has 2 bridgehead atoms. The Balaban J connectivity index is 1.78. The number of esters is 1. The van der Waals surface area contributed by atoms with E-state index in [0.29, 0.717) is 69.8 Å². The lowest BCUT2D eigenvalue weighted by Gasteiger charge is -2.49. The van der Waals surface area contributed by atoms with E-state index >= 15 is 0 Å². The minimum absolute atomic E-state index is 0.0262. The number of methoxy groups -OCH3 is 3. The first-order chi connectivity index (χ1) is 26.1. The standard InChI is InChI=1S/C43H69NO11/c1-10-13-31-19-25(2)18-26(3)20-37(52-8)40-38(53-9)22-28(5)43(50,55-40)42(49)44-17-12-11-14-32(44)41(48)54-39(29(6)34(46)24-35(31)47)27(4)21-30-15-16-33(45)36(23-30)51-7/h10,19,21,26,28-34,36-40,45-46,50H,1,11-18,20,22-24H2,2-9H3/b25-19+,27-21+/t26-,28+,29+,30-,31+,32-,33+,34-,36+,37-,38-,39+,40+,43+/m0/s1. The van der Waals surface area contributed by atoms with Gasteiger partial charge in [0.25, 0.3) is 11.7 Å². The molecule has 0 spiro atoms. The molecule has 14 atom stereocenters. The van der Waals surface area contributed by atoms with E-state index in [0.717, 1.165) is 5.57 Å². The first-order valence-electron chi connectivity index (χ1n) is 20.4. The second-order valence-electron chi connectivity index (χ2n) is 16.9.